The molecule has 0 atom stereocenters. The van der Waals surface area contributed by atoms with Gasteiger partial charge in [0.15, 0.2) is 5.82 Å². The van der Waals surface area contributed by atoms with Crippen LogP contribution < -0.4 is 10.2 Å². The Morgan fingerprint density at radius 3 is 2.36 bits per heavy atom. The van der Waals surface area contributed by atoms with Crippen LogP contribution in [0, 0.1) is 11.6 Å². The van der Waals surface area contributed by atoms with Crippen LogP contribution >= 0.6 is 0 Å². The third kappa shape index (κ3) is 4.25. The van der Waals surface area contributed by atoms with Crippen molar-refractivity contribution in [2.75, 3.05) is 36.5 Å². The molecular weight excluding hydrogens is 492 g/mol. The van der Waals surface area contributed by atoms with E-state index in [2.05, 4.69) is 20.4 Å². The van der Waals surface area contributed by atoms with Crippen molar-refractivity contribution in [3.8, 4) is 0 Å². The van der Waals surface area contributed by atoms with Gasteiger partial charge in [-0.25, -0.2) is 17.2 Å². The molecule has 2 aromatic carbocycles. The summed E-state index contributed by atoms with van der Waals surface area (Å²) in [6, 6.07) is 9.33. The van der Waals surface area contributed by atoms with Crippen LogP contribution in [0.4, 0.5) is 20.3 Å². The van der Waals surface area contributed by atoms with Crippen LogP contribution in [-0.2, 0) is 26.8 Å². The Labute approximate surface area is 207 Å². The Morgan fingerprint density at radius 2 is 1.72 bits per heavy atom. The molecule has 0 radical (unpaired) electrons. The number of fused-ring (bicyclic) bond motifs is 1. The number of carbonyl (C=O) groups is 1. The predicted molar refractivity (Wildman–Crippen MR) is 128 cm³/mol. The highest BCUT2D eigenvalue weighted by Gasteiger charge is 2.48. The van der Waals surface area contributed by atoms with Crippen molar-refractivity contribution in [1.29, 1.82) is 0 Å². The van der Waals surface area contributed by atoms with Crippen molar-refractivity contribution >= 4 is 27.4 Å². The number of H-pyrrole nitrogens is 1. The molecule has 3 heterocycles. The topological polar surface area (TPSA) is 108 Å². The second-order valence-electron chi connectivity index (χ2n) is 9.20. The monoisotopic (exact) mass is 517 g/mol. The largest absolute Gasteiger partial charge is 0.378 e. The molecule has 2 aliphatic heterocycles. The number of rotatable bonds is 5. The quantitative estimate of drug-likeness (QED) is 0.538. The van der Waals surface area contributed by atoms with E-state index in [-0.39, 0.29) is 12.4 Å². The minimum absolute atomic E-state index is 0.134. The van der Waals surface area contributed by atoms with Crippen molar-refractivity contribution in [2.45, 2.75) is 30.8 Å². The number of hydrogen-bond acceptors (Lipinski definition) is 6. The van der Waals surface area contributed by atoms with Gasteiger partial charge < -0.3 is 15.0 Å². The first kappa shape index (κ1) is 24.3. The summed E-state index contributed by atoms with van der Waals surface area (Å²) in [7, 11) is -4.26. The smallest absolute Gasteiger partial charge is 0.256 e. The average Bonchev–Trinajstić information content (AvgIpc) is 3.37. The van der Waals surface area contributed by atoms with Crippen molar-refractivity contribution < 1.29 is 26.7 Å². The summed E-state index contributed by atoms with van der Waals surface area (Å²) in [6.45, 7) is 6.05. The molecule has 0 aliphatic carbocycles. The Balaban J connectivity index is 1.36. The summed E-state index contributed by atoms with van der Waals surface area (Å²) in [4.78, 5) is 14.6. The standard InChI is InChI=1S/C24H25F2N5O4S/c1-24(2)21-20(14-31(24)36(33,34)19-12-16(25)11-17(26)13-19)22(29-28-21)27-23(32)15-3-5-18(6-4-15)30-7-9-35-10-8-30/h3-6,11-13H,7-10,14H2,1-2H3,(H2,27,28,29,32). The molecule has 1 saturated heterocycles. The van der Waals surface area contributed by atoms with Crippen molar-refractivity contribution in [1.82, 2.24) is 14.5 Å². The lowest BCUT2D eigenvalue weighted by molar-refractivity contribution is 0.102. The highest BCUT2D eigenvalue weighted by atomic mass is 32.2. The van der Waals surface area contributed by atoms with Crippen molar-refractivity contribution in [3.05, 3.63) is 70.9 Å². The highest BCUT2D eigenvalue weighted by Crippen LogP contribution is 2.43. The summed E-state index contributed by atoms with van der Waals surface area (Å²) < 4.78 is 60.6. The average molecular weight is 518 g/mol. The molecule has 5 rings (SSSR count). The lowest BCUT2D eigenvalue weighted by atomic mass is 10.0. The summed E-state index contributed by atoms with van der Waals surface area (Å²) >= 11 is 0. The van der Waals surface area contributed by atoms with E-state index in [9.17, 15) is 22.0 Å². The molecule has 9 nitrogen and oxygen atoms in total. The number of ether oxygens (including phenoxy) is 1. The number of halogens is 2. The Hall–Kier alpha value is -3.35. The number of nitrogens with one attached hydrogen (secondary N) is 2. The number of aromatic nitrogens is 2. The van der Waals surface area contributed by atoms with Crippen LogP contribution in [0.15, 0.2) is 47.4 Å². The highest BCUT2D eigenvalue weighted by molar-refractivity contribution is 7.89. The summed E-state index contributed by atoms with van der Waals surface area (Å²) in [5.41, 5.74) is 1.28. The summed E-state index contributed by atoms with van der Waals surface area (Å²) in [5, 5.41) is 9.76. The van der Waals surface area contributed by atoms with E-state index in [1.807, 2.05) is 12.1 Å². The van der Waals surface area contributed by atoms with E-state index < -0.39 is 38.0 Å². The number of nitrogens with zero attached hydrogens (tertiary/aromatic N) is 3. The van der Waals surface area contributed by atoms with Crippen LogP contribution in [0.3, 0.4) is 0 Å². The fraction of sp³-hybridized carbons (Fsp3) is 0.333. The fourth-order valence-corrected chi connectivity index (χ4v) is 6.38. The molecule has 0 unspecified atom stereocenters. The van der Waals surface area contributed by atoms with Crippen LogP contribution in [-0.4, -0.2) is 55.1 Å². The van der Waals surface area contributed by atoms with Gasteiger partial charge in [-0.15, -0.1) is 0 Å². The Morgan fingerprint density at radius 1 is 1.08 bits per heavy atom. The maximum absolute atomic E-state index is 13.7. The minimum atomic E-state index is -4.26. The predicted octanol–water partition coefficient (Wildman–Crippen LogP) is 3.22. The van der Waals surface area contributed by atoms with Crippen molar-refractivity contribution in [2.24, 2.45) is 0 Å². The number of hydrogen-bond donors (Lipinski definition) is 2. The molecular formula is C24H25F2N5O4S. The maximum atomic E-state index is 13.7. The van der Waals surface area contributed by atoms with E-state index in [1.165, 1.54) is 0 Å². The van der Waals surface area contributed by atoms with Gasteiger partial charge in [-0.1, -0.05) is 0 Å². The molecule has 2 aliphatic rings. The van der Waals surface area contributed by atoms with Crippen LogP contribution in [0.5, 0.6) is 0 Å². The molecule has 1 fully saturated rings. The first-order valence-electron chi connectivity index (χ1n) is 11.4. The molecule has 0 bridgehead atoms. The van der Waals surface area contributed by atoms with Gasteiger partial charge in [-0.2, -0.15) is 9.40 Å². The lowest BCUT2D eigenvalue weighted by Gasteiger charge is -2.30. The fourth-order valence-electron chi connectivity index (χ4n) is 4.61. The van der Waals surface area contributed by atoms with Crippen LogP contribution in [0.25, 0.3) is 0 Å². The normalized spacial score (nSPS) is 17.7. The third-order valence-corrected chi connectivity index (χ3v) is 8.56. The lowest BCUT2D eigenvalue weighted by Crippen LogP contribution is -2.40. The minimum Gasteiger partial charge on any atom is -0.378 e. The van der Waals surface area contributed by atoms with Gasteiger partial charge in [0.25, 0.3) is 5.91 Å². The van der Waals surface area contributed by atoms with Gasteiger partial charge in [-0.05, 0) is 50.2 Å². The molecule has 12 heteroatoms. The Kier molecular flexibility index (Phi) is 6.05. The van der Waals surface area contributed by atoms with Gasteiger partial charge in [0.1, 0.15) is 11.6 Å². The van der Waals surface area contributed by atoms with Gasteiger partial charge in [0.05, 0.1) is 29.3 Å². The number of sulfonamides is 1. The number of aromatic amines is 1. The SMILES string of the molecule is CC1(C)c2[nH]nc(NC(=O)c3ccc(N4CCOCC4)cc3)c2CN1S(=O)(=O)c1cc(F)cc(F)c1. The first-order valence-corrected chi connectivity index (χ1v) is 12.8. The number of amides is 1. The third-order valence-electron chi connectivity index (χ3n) is 6.57. The first-order chi connectivity index (χ1) is 17.1. The summed E-state index contributed by atoms with van der Waals surface area (Å²) in [6.07, 6.45) is 0. The number of anilines is 2. The molecule has 0 saturated carbocycles. The van der Waals surface area contributed by atoms with E-state index in [1.54, 1.807) is 26.0 Å². The van der Waals surface area contributed by atoms with Gasteiger partial charge in [0, 0.05) is 42.5 Å². The number of morpholine rings is 1. The van der Waals surface area contributed by atoms with E-state index >= 15 is 0 Å². The molecule has 1 aromatic heterocycles. The van der Waals surface area contributed by atoms with Gasteiger partial charge >= 0.3 is 0 Å². The van der Waals surface area contributed by atoms with E-state index in [0.29, 0.717) is 36.1 Å². The number of benzene rings is 2. The zero-order valence-corrected chi connectivity index (χ0v) is 20.5. The second kappa shape index (κ2) is 8.95. The van der Waals surface area contributed by atoms with E-state index in [4.69, 9.17) is 4.74 Å². The zero-order chi connectivity index (χ0) is 25.7. The molecule has 0 spiro atoms. The zero-order valence-electron chi connectivity index (χ0n) is 19.7. The molecule has 190 valence electrons. The molecule has 1 amide bonds. The maximum Gasteiger partial charge on any atom is 0.256 e. The Bertz CT molecular complexity index is 1400. The molecule has 36 heavy (non-hydrogen) atoms. The molecule has 3 aromatic rings. The second-order valence-corrected chi connectivity index (χ2v) is 11.1. The van der Waals surface area contributed by atoms with Crippen LogP contribution in [0.2, 0.25) is 0 Å². The van der Waals surface area contributed by atoms with Crippen LogP contribution in [0.1, 0.15) is 35.5 Å². The number of carbonyl (C=O) groups excluding carboxylic acids is 1. The van der Waals surface area contributed by atoms with Gasteiger partial charge in [-0.3, -0.25) is 9.89 Å². The van der Waals surface area contributed by atoms with Gasteiger partial charge in [0.2, 0.25) is 10.0 Å². The van der Waals surface area contributed by atoms with Crippen molar-refractivity contribution in [3.63, 3.8) is 0 Å². The summed E-state index contributed by atoms with van der Waals surface area (Å²) in [5.74, 6) is -2.18. The van der Waals surface area contributed by atoms with E-state index in [0.717, 1.165) is 35.2 Å². The molecule has 2 N–H and O–H groups in total.